The molecule has 0 amide bonds. The summed E-state index contributed by atoms with van der Waals surface area (Å²) in [6.07, 6.45) is 6.01. The molecular formula is C12H19NOS. The second kappa shape index (κ2) is 4.22. The molecule has 1 fully saturated rings. The Morgan fingerprint density at radius 1 is 1.53 bits per heavy atom. The number of aliphatic hydroxyl groups is 1. The van der Waals surface area contributed by atoms with Crippen LogP contribution in [0.4, 0.5) is 0 Å². The van der Waals surface area contributed by atoms with Crippen LogP contribution in [-0.4, -0.2) is 15.7 Å². The minimum Gasteiger partial charge on any atom is -0.389 e. The lowest BCUT2D eigenvalue weighted by Crippen LogP contribution is -2.43. The summed E-state index contributed by atoms with van der Waals surface area (Å²) < 4.78 is 0. The van der Waals surface area contributed by atoms with Crippen molar-refractivity contribution >= 4 is 11.3 Å². The SMILES string of the molecule is CC1CCC(C)C(O)(Cc2cncs2)C1. The van der Waals surface area contributed by atoms with Crippen molar-refractivity contribution in [2.24, 2.45) is 11.8 Å². The van der Waals surface area contributed by atoms with E-state index in [2.05, 4.69) is 18.8 Å². The van der Waals surface area contributed by atoms with Crippen molar-refractivity contribution in [3.63, 3.8) is 0 Å². The second-order valence-electron chi connectivity index (χ2n) is 5.04. The fraction of sp³-hybridized carbons (Fsp3) is 0.750. The number of hydrogen-bond acceptors (Lipinski definition) is 3. The molecule has 2 rings (SSSR count). The normalized spacial score (nSPS) is 36.7. The molecule has 0 bridgehead atoms. The Balaban J connectivity index is 2.09. The molecule has 1 saturated carbocycles. The first-order chi connectivity index (χ1) is 7.10. The zero-order valence-corrected chi connectivity index (χ0v) is 10.3. The van der Waals surface area contributed by atoms with Crippen molar-refractivity contribution in [2.75, 3.05) is 0 Å². The van der Waals surface area contributed by atoms with Gasteiger partial charge in [0.25, 0.3) is 0 Å². The molecule has 1 heterocycles. The number of aromatic nitrogens is 1. The molecular weight excluding hydrogens is 206 g/mol. The summed E-state index contributed by atoms with van der Waals surface area (Å²) in [5.41, 5.74) is 1.35. The molecule has 1 aromatic heterocycles. The van der Waals surface area contributed by atoms with E-state index in [-0.39, 0.29) is 0 Å². The number of hydrogen-bond donors (Lipinski definition) is 1. The molecule has 0 aromatic carbocycles. The van der Waals surface area contributed by atoms with Crippen molar-refractivity contribution in [3.05, 3.63) is 16.6 Å². The number of nitrogens with zero attached hydrogens (tertiary/aromatic N) is 1. The Morgan fingerprint density at radius 3 is 3.00 bits per heavy atom. The van der Waals surface area contributed by atoms with E-state index in [0.29, 0.717) is 11.8 Å². The van der Waals surface area contributed by atoms with Gasteiger partial charge in [0.15, 0.2) is 0 Å². The van der Waals surface area contributed by atoms with Crippen LogP contribution in [0.3, 0.4) is 0 Å². The summed E-state index contributed by atoms with van der Waals surface area (Å²) in [7, 11) is 0. The first-order valence-corrected chi connectivity index (χ1v) is 6.58. The minimum absolute atomic E-state index is 0.413. The highest BCUT2D eigenvalue weighted by molar-refractivity contribution is 7.09. The third-order valence-corrected chi connectivity index (χ3v) is 4.46. The van der Waals surface area contributed by atoms with Gasteiger partial charge in [-0.25, -0.2) is 0 Å². The summed E-state index contributed by atoms with van der Waals surface area (Å²) >= 11 is 1.65. The predicted molar refractivity (Wildman–Crippen MR) is 62.9 cm³/mol. The van der Waals surface area contributed by atoms with Crippen LogP contribution in [-0.2, 0) is 6.42 Å². The largest absolute Gasteiger partial charge is 0.389 e. The maximum absolute atomic E-state index is 10.7. The lowest BCUT2D eigenvalue weighted by atomic mass is 9.70. The van der Waals surface area contributed by atoms with Crippen LogP contribution in [0.2, 0.25) is 0 Å². The Hall–Kier alpha value is -0.410. The minimum atomic E-state index is -0.496. The van der Waals surface area contributed by atoms with E-state index in [4.69, 9.17) is 0 Å². The maximum atomic E-state index is 10.7. The van der Waals surface area contributed by atoms with Crippen molar-refractivity contribution in [1.29, 1.82) is 0 Å². The molecule has 3 unspecified atom stereocenters. The Bertz CT molecular complexity index is 311. The topological polar surface area (TPSA) is 33.1 Å². The van der Waals surface area contributed by atoms with Crippen LogP contribution < -0.4 is 0 Å². The van der Waals surface area contributed by atoms with Gasteiger partial charge in [-0.15, -0.1) is 11.3 Å². The Labute approximate surface area is 95.4 Å². The molecule has 0 radical (unpaired) electrons. The molecule has 15 heavy (non-hydrogen) atoms. The van der Waals surface area contributed by atoms with Crippen LogP contribution >= 0.6 is 11.3 Å². The van der Waals surface area contributed by atoms with Crippen LogP contribution in [0.15, 0.2) is 11.7 Å². The average molecular weight is 225 g/mol. The van der Waals surface area contributed by atoms with Crippen LogP contribution in [0.25, 0.3) is 0 Å². The molecule has 0 spiro atoms. The average Bonchev–Trinajstić information content (AvgIpc) is 2.64. The highest BCUT2D eigenvalue weighted by Crippen LogP contribution is 2.39. The summed E-state index contributed by atoms with van der Waals surface area (Å²) in [6.45, 7) is 4.41. The van der Waals surface area contributed by atoms with E-state index in [9.17, 15) is 5.11 Å². The second-order valence-corrected chi connectivity index (χ2v) is 6.01. The molecule has 3 atom stereocenters. The van der Waals surface area contributed by atoms with Gasteiger partial charge < -0.3 is 5.11 Å². The predicted octanol–water partition coefficient (Wildman–Crippen LogP) is 2.87. The van der Waals surface area contributed by atoms with Gasteiger partial charge in [-0.3, -0.25) is 4.98 Å². The van der Waals surface area contributed by atoms with Crippen molar-refractivity contribution in [3.8, 4) is 0 Å². The lowest BCUT2D eigenvalue weighted by Gasteiger charge is -2.40. The van der Waals surface area contributed by atoms with Gasteiger partial charge in [-0.2, -0.15) is 0 Å². The standard InChI is InChI=1S/C12H19NOS/c1-9-3-4-10(2)12(14,5-9)6-11-7-13-8-15-11/h7-10,14H,3-6H2,1-2H3. The van der Waals surface area contributed by atoms with Crippen LogP contribution in [0.1, 0.15) is 38.0 Å². The third-order valence-electron chi connectivity index (χ3n) is 3.68. The molecule has 0 aliphatic heterocycles. The van der Waals surface area contributed by atoms with Gasteiger partial charge in [-0.05, 0) is 24.7 Å². The van der Waals surface area contributed by atoms with Crippen molar-refractivity contribution in [2.45, 2.75) is 45.1 Å². The first kappa shape index (κ1) is 11.1. The number of rotatable bonds is 2. The summed E-state index contributed by atoms with van der Waals surface area (Å²) in [5, 5.41) is 10.7. The van der Waals surface area contributed by atoms with E-state index in [1.807, 2.05) is 11.7 Å². The molecule has 84 valence electrons. The zero-order valence-electron chi connectivity index (χ0n) is 9.44. The van der Waals surface area contributed by atoms with Gasteiger partial charge in [0.1, 0.15) is 0 Å². The Morgan fingerprint density at radius 2 is 2.33 bits per heavy atom. The van der Waals surface area contributed by atoms with Gasteiger partial charge in [0, 0.05) is 17.5 Å². The molecule has 1 aliphatic carbocycles. The third kappa shape index (κ3) is 2.40. The highest BCUT2D eigenvalue weighted by atomic mass is 32.1. The first-order valence-electron chi connectivity index (χ1n) is 5.70. The smallest absolute Gasteiger partial charge is 0.0794 e. The molecule has 1 aliphatic rings. The number of thiazole rings is 1. The van der Waals surface area contributed by atoms with Crippen LogP contribution in [0, 0.1) is 11.8 Å². The summed E-state index contributed by atoms with van der Waals surface area (Å²) in [6, 6.07) is 0. The van der Waals surface area contributed by atoms with Gasteiger partial charge >= 0.3 is 0 Å². The van der Waals surface area contributed by atoms with Gasteiger partial charge in [0.05, 0.1) is 11.1 Å². The molecule has 1 aromatic rings. The van der Waals surface area contributed by atoms with Gasteiger partial charge in [0.2, 0.25) is 0 Å². The molecule has 3 heteroatoms. The quantitative estimate of drug-likeness (QED) is 0.839. The van der Waals surface area contributed by atoms with Gasteiger partial charge in [-0.1, -0.05) is 20.3 Å². The Kier molecular flexibility index (Phi) is 3.12. The lowest BCUT2D eigenvalue weighted by molar-refractivity contribution is -0.0554. The highest BCUT2D eigenvalue weighted by Gasteiger charge is 2.38. The fourth-order valence-corrected chi connectivity index (χ4v) is 3.30. The summed E-state index contributed by atoms with van der Waals surface area (Å²) in [4.78, 5) is 5.28. The van der Waals surface area contributed by atoms with Crippen molar-refractivity contribution in [1.82, 2.24) is 4.98 Å². The maximum Gasteiger partial charge on any atom is 0.0794 e. The van der Waals surface area contributed by atoms with E-state index >= 15 is 0 Å². The van der Waals surface area contributed by atoms with E-state index in [1.54, 1.807) is 11.3 Å². The molecule has 1 N–H and O–H groups in total. The summed E-state index contributed by atoms with van der Waals surface area (Å²) in [5.74, 6) is 1.06. The van der Waals surface area contributed by atoms with E-state index in [1.165, 1.54) is 11.3 Å². The van der Waals surface area contributed by atoms with E-state index in [0.717, 1.165) is 19.3 Å². The monoisotopic (exact) mass is 225 g/mol. The molecule has 0 saturated heterocycles. The fourth-order valence-electron chi connectivity index (χ4n) is 2.59. The molecule has 2 nitrogen and oxygen atoms in total. The zero-order chi connectivity index (χ0) is 10.9. The van der Waals surface area contributed by atoms with Crippen molar-refractivity contribution < 1.29 is 5.11 Å². The van der Waals surface area contributed by atoms with Crippen LogP contribution in [0.5, 0.6) is 0 Å². The van der Waals surface area contributed by atoms with E-state index < -0.39 is 5.60 Å².